The lowest BCUT2D eigenvalue weighted by Crippen LogP contribution is -2.09. The van der Waals surface area contributed by atoms with Crippen LogP contribution in [0.5, 0.6) is 0 Å². The normalized spacial score (nSPS) is 20.1. The second kappa shape index (κ2) is 6.49. The number of hydrogen-bond acceptors (Lipinski definition) is 2. The SMILES string of the molecule is C=C(C1=CCC(C(C)CC)C1)S(=O)(=O)c1ccc(Br)cc1. The minimum atomic E-state index is -3.48. The van der Waals surface area contributed by atoms with Gasteiger partial charge >= 0.3 is 0 Å². The molecular weight excluding hydrogens is 348 g/mol. The monoisotopic (exact) mass is 368 g/mol. The number of hydrogen-bond donors (Lipinski definition) is 0. The summed E-state index contributed by atoms with van der Waals surface area (Å²) in [5.41, 5.74) is 0.892. The van der Waals surface area contributed by atoms with Crippen molar-refractivity contribution in [1.29, 1.82) is 0 Å². The molecule has 114 valence electrons. The number of benzene rings is 1. The summed E-state index contributed by atoms with van der Waals surface area (Å²) in [6.45, 7) is 8.27. The molecule has 1 aliphatic carbocycles. The van der Waals surface area contributed by atoms with E-state index in [1.165, 1.54) is 0 Å². The van der Waals surface area contributed by atoms with Crippen molar-refractivity contribution < 1.29 is 8.42 Å². The number of halogens is 1. The number of allylic oxidation sites excluding steroid dienone is 2. The van der Waals surface area contributed by atoms with Gasteiger partial charge in [-0.15, -0.1) is 0 Å². The molecule has 0 fully saturated rings. The molecule has 1 aromatic rings. The fourth-order valence-electron chi connectivity index (χ4n) is 2.67. The van der Waals surface area contributed by atoms with Crippen LogP contribution in [0.4, 0.5) is 0 Å². The lowest BCUT2D eigenvalue weighted by Gasteiger charge is -2.18. The lowest BCUT2D eigenvalue weighted by molar-refractivity contribution is 0.365. The van der Waals surface area contributed by atoms with Gasteiger partial charge in [0, 0.05) is 4.47 Å². The van der Waals surface area contributed by atoms with E-state index in [-0.39, 0.29) is 4.91 Å². The third-order valence-electron chi connectivity index (χ3n) is 4.40. The van der Waals surface area contributed by atoms with Crippen LogP contribution in [-0.2, 0) is 9.84 Å². The van der Waals surface area contributed by atoms with Gasteiger partial charge in [0.2, 0.25) is 9.84 Å². The van der Waals surface area contributed by atoms with Gasteiger partial charge in [0.15, 0.2) is 0 Å². The molecule has 2 atom stereocenters. The largest absolute Gasteiger partial charge is 0.219 e. The van der Waals surface area contributed by atoms with Gasteiger partial charge in [-0.3, -0.25) is 0 Å². The van der Waals surface area contributed by atoms with E-state index < -0.39 is 9.84 Å². The molecule has 0 aliphatic heterocycles. The Kier molecular flexibility index (Phi) is 5.10. The van der Waals surface area contributed by atoms with Gasteiger partial charge in [-0.25, -0.2) is 8.42 Å². The molecule has 0 saturated carbocycles. The summed E-state index contributed by atoms with van der Waals surface area (Å²) in [5, 5.41) is 0. The Morgan fingerprint density at radius 2 is 2.00 bits per heavy atom. The van der Waals surface area contributed by atoms with E-state index in [0.717, 1.165) is 29.3 Å². The molecule has 0 bridgehead atoms. The molecule has 0 spiro atoms. The van der Waals surface area contributed by atoms with Crippen LogP contribution in [0.25, 0.3) is 0 Å². The lowest BCUT2D eigenvalue weighted by atomic mass is 9.89. The van der Waals surface area contributed by atoms with Crippen LogP contribution in [0, 0.1) is 11.8 Å². The van der Waals surface area contributed by atoms with E-state index in [2.05, 4.69) is 42.4 Å². The van der Waals surface area contributed by atoms with Crippen LogP contribution < -0.4 is 0 Å². The molecule has 1 aromatic carbocycles. The van der Waals surface area contributed by atoms with Gasteiger partial charge in [0.1, 0.15) is 0 Å². The quantitative estimate of drug-likeness (QED) is 0.722. The van der Waals surface area contributed by atoms with Crippen LogP contribution in [0.3, 0.4) is 0 Å². The Morgan fingerprint density at radius 3 is 2.57 bits per heavy atom. The van der Waals surface area contributed by atoms with Crippen LogP contribution in [0.1, 0.15) is 33.1 Å². The molecule has 0 radical (unpaired) electrons. The molecule has 2 unspecified atom stereocenters. The van der Waals surface area contributed by atoms with Gasteiger partial charge < -0.3 is 0 Å². The minimum absolute atomic E-state index is 0.260. The fourth-order valence-corrected chi connectivity index (χ4v) is 4.22. The van der Waals surface area contributed by atoms with Crippen molar-refractivity contribution in [3.05, 3.63) is 51.9 Å². The van der Waals surface area contributed by atoms with Crippen molar-refractivity contribution in [1.82, 2.24) is 0 Å². The maximum atomic E-state index is 12.6. The van der Waals surface area contributed by atoms with Crippen molar-refractivity contribution in [3.8, 4) is 0 Å². The number of rotatable bonds is 5. The molecule has 0 aromatic heterocycles. The summed E-state index contributed by atoms with van der Waals surface area (Å²) < 4.78 is 26.1. The molecule has 2 nitrogen and oxygen atoms in total. The van der Waals surface area contributed by atoms with Gasteiger partial charge in [-0.05, 0) is 54.5 Å². The Labute approximate surface area is 136 Å². The van der Waals surface area contributed by atoms with Gasteiger partial charge in [0.05, 0.1) is 9.80 Å². The third kappa shape index (κ3) is 3.49. The van der Waals surface area contributed by atoms with Crippen molar-refractivity contribution in [2.75, 3.05) is 0 Å². The molecule has 2 rings (SSSR count). The average molecular weight is 369 g/mol. The van der Waals surface area contributed by atoms with Crippen LogP contribution >= 0.6 is 15.9 Å². The van der Waals surface area contributed by atoms with Crippen molar-refractivity contribution >= 4 is 25.8 Å². The predicted octanol–water partition coefficient (Wildman–Crippen LogP) is 5.12. The Bertz CT molecular complexity index is 657. The third-order valence-corrected chi connectivity index (χ3v) is 6.74. The van der Waals surface area contributed by atoms with Crippen LogP contribution in [-0.4, -0.2) is 8.42 Å². The first-order chi connectivity index (χ1) is 9.86. The Morgan fingerprint density at radius 1 is 1.38 bits per heavy atom. The van der Waals surface area contributed by atoms with Crippen molar-refractivity contribution in [2.24, 2.45) is 11.8 Å². The van der Waals surface area contributed by atoms with E-state index in [0.29, 0.717) is 16.7 Å². The summed E-state index contributed by atoms with van der Waals surface area (Å²) in [6, 6.07) is 6.72. The highest BCUT2D eigenvalue weighted by Crippen LogP contribution is 2.38. The topological polar surface area (TPSA) is 34.1 Å². The first-order valence-electron chi connectivity index (χ1n) is 7.25. The Hall–Kier alpha value is -0.870. The van der Waals surface area contributed by atoms with E-state index in [1.54, 1.807) is 24.3 Å². The maximum absolute atomic E-state index is 12.6. The Balaban J connectivity index is 2.19. The summed E-state index contributed by atoms with van der Waals surface area (Å²) in [4.78, 5) is 0.569. The average Bonchev–Trinajstić information content (AvgIpc) is 2.95. The molecule has 0 amide bonds. The van der Waals surface area contributed by atoms with Crippen LogP contribution in [0.2, 0.25) is 0 Å². The summed E-state index contributed by atoms with van der Waals surface area (Å²) in [6.07, 6.45) is 4.95. The highest BCUT2D eigenvalue weighted by molar-refractivity contribution is 9.10. The molecule has 1 aliphatic rings. The summed E-state index contributed by atoms with van der Waals surface area (Å²) in [7, 11) is -3.48. The number of sulfone groups is 1. The first-order valence-corrected chi connectivity index (χ1v) is 9.52. The second-order valence-corrected chi connectivity index (χ2v) is 8.58. The summed E-state index contributed by atoms with van der Waals surface area (Å²) >= 11 is 3.32. The van der Waals surface area contributed by atoms with E-state index >= 15 is 0 Å². The second-order valence-electron chi connectivity index (χ2n) is 5.70. The van der Waals surface area contributed by atoms with Crippen molar-refractivity contribution in [2.45, 2.75) is 38.0 Å². The zero-order valence-electron chi connectivity index (χ0n) is 12.5. The zero-order chi connectivity index (χ0) is 15.6. The van der Waals surface area contributed by atoms with E-state index in [4.69, 9.17) is 0 Å². The first kappa shape index (κ1) is 16.5. The van der Waals surface area contributed by atoms with Gasteiger partial charge in [0.25, 0.3) is 0 Å². The fraction of sp³-hybridized carbons (Fsp3) is 0.412. The molecule has 0 heterocycles. The molecule has 0 saturated heterocycles. The van der Waals surface area contributed by atoms with Crippen LogP contribution in [0.15, 0.2) is 56.8 Å². The van der Waals surface area contributed by atoms with Gasteiger partial charge in [-0.2, -0.15) is 0 Å². The van der Waals surface area contributed by atoms with E-state index in [1.807, 2.05) is 0 Å². The molecule has 4 heteroatoms. The van der Waals surface area contributed by atoms with E-state index in [9.17, 15) is 8.42 Å². The van der Waals surface area contributed by atoms with Gasteiger partial charge in [-0.1, -0.05) is 48.9 Å². The molecular formula is C17H21BrO2S. The summed E-state index contributed by atoms with van der Waals surface area (Å²) in [5.74, 6) is 1.16. The maximum Gasteiger partial charge on any atom is 0.206 e. The predicted molar refractivity (Wildman–Crippen MR) is 90.7 cm³/mol. The zero-order valence-corrected chi connectivity index (χ0v) is 14.9. The smallest absolute Gasteiger partial charge is 0.206 e. The highest BCUT2D eigenvalue weighted by Gasteiger charge is 2.28. The highest BCUT2D eigenvalue weighted by atomic mass is 79.9. The van der Waals surface area contributed by atoms with Crippen molar-refractivity contribution in [3.63, 3.8) is 0 Å². The standard InChI is InChI=1S/C17H21BrO2S/c1-4-12(2)14-5-6-15(11-14)13(3)21(19,20)17-9-7-16(18)8-10-17/h6-10,12,14H,3-5,11H2,1-2H3. The molecule has 21 heavy (non-hydrogen) atoms. The minimum Gasteiger partial charge on any atom is -0.219 e. The molecule has 0 N–H and O–H groups in total.